The fraction of sp³-hybridized carbons (Fsp3) is 0.0500. The van der Waals surface area contributed by atoms with Crippen molar-refractivity contribution in [1.29, 1.82) is 0 Å². The van der Waals surface area contributed by atoms with E-state index in [1.807, 2.05) is 30.3 Å². The summed E-state index contributed by atoms with van der Waals surface area (Å²) in [5, 5.41) is 0. The number of rotatable bonds is 5. The third kappa shape index (κ3) is 4.09. The molecular formula is C20H16F2N2OS. The van der Waals surface area contributed by atoms with Gasteiger partial charge in [-0.3, -0.25) is 10.2 Å². The van der Waals surface area contributed by atoms with E-state index in [1.165, 1.54) is 30.1 Å². The Morgan fingerprint density at radius 3 is 2.38 bits per heavy atom. The minimum atomic E-state index is -0.632. The van der Waals surface area contributed by atoms with Crippen molar-refractivity contribution in [2.45, 2.75) is 11.8 Å². The van der Waals surface area contributed by atoms with Crippen LogP contribution in [-0.2, 0) is 0 Å². The van der Waals surface area contributed by atoms with E-state index in [-0.39, 0.29) is 11.1 Å². The summed E-state index contributed by atoms with van der Waals surface area (Å²) in [7, 11) is 0. The number of aryl methyl sites for hydroxylation is 1. The van der Waals surface area contributed by atoms with Gasteiger partial charge < -0.3 is 0 Å². The maximum absolute atomic E-state index is 14.4. The fourth-order valence-corrected chi connectivity index (χ4v) is 3.03. The highest BCUT2D eigenvalue weighted by Gasteiger charge is 2.17. The van der Waals surface area contributed by atoms with Gasteiger partial charge in [0.1, 0.15) is 11.6 Å². The third-order valence-electron chi connectivity index (χ3n) is 3.76. The van der Waals surface area contributed by atoms with Crippen LogP contribution in [0.2, 0.25) is 0 Å². The number of amides is 1. The maximum atomic E-state index is 14.4. The van der Waals surface area contributed by atoms with E-state index in [2.05, 4.69) is 10.3 Å². The zero-order valence-electron chi connectivity index (χ0n) is 13.9. The summed E-state index contributed by atoms with van der Waals surface area (Å²) in [6, 6.07) is 18.4. The van der Waals surface area contributed by atoms with Crippen LogP contribution in [0, 0.1) is 18.6 Å². The first-order chi connectivity index (χ1) is 12.6. The molecule has 0 saturated heterocycles. The number of halogens is 2. The smallest absolute Gasteiger partial charge is 0.269 e. The number of hydrogen-bond acceptors (Lipinski definition) is 3. The average Bonchev–Trinajstić information content (AvgIpc) is 2.65. The lowest BCUT2D eigenvalue weighted by atomic mass is 9.99. The lowest BCUT2D eigenvalue weighted by molar-refractivity contribution is 0.0943. The maximum Gasteiger partial charge on any atom is 0.269 e. The fourth-order valence-electron chi connectivity index (χ4n) is 2.47. The molecule has 132 valence electrons. The second-order valence-corrected chi connectivity index (χ2v) is 6.49. The number of benzene rings is 3. The summed E-state index contributed by atoms with van der Waals surface area (Å²) < 4.78 is 28.4. The molecule has 0 aliphatic rings. The summed E-state index contributed by atoms with van der Waals surface area (Å²) in [4.78, 5) is 15.9. The molecule has 3 aromatic rings. The Hall–Kier alpha value is -2.70. The molecule has 0 bridgehead atoms. The summed E-state index contributed by atoms with van der Waals surface area (Å²) >= 11 is 1.19. The van der Waals surface area contributed by atoms with E-state index >= 15 is 0 Å². The van der Waals surface area contributed by atoms with Crippen molar-refractivity contribution in [2.75, 3.05) is 0 Å². The van der Waals surface area contributed by atoms with Crippen molar-refractivity contribution in [3.8, 4) is 11.1 Å². The first-order valence-corrected chi connectivity index (χ1v) is 8.70. The Kier molecular flexibility index (Phi) is 5.65. The van der Waals surface area contributed by atoms with Gasteiger partial charge in [0.15, 0.2) is 0 Å². The molecule has 0 aromatic heterocycles. The minimum Gasteiger partial charge on any atom is -0.277 e. The second-order valence-electron chi connectivity index (χ2n) is 5.61. The monoisotopic (exact) mass is 370 g/mol. The molecule has 6 heteroatoms. The molecule has 0 spiro atoms. The zero-order chi connectivity index (χ0) is 18.5. The van der Waals surface area contributed by atoms with Gasteiger partial charge in [-0.2, -0.15) is 4.83 Å². The highest BCUT2D eigenvalue weighted by atomic mass is 32.2. The minimum absolute atomic E-state index is 0.149. The summed E-state index contributed by atoms with van der Waals surface area (Å²) in [6.07, 6.45) is 0. The average molecular weight is 370 g/mol. The first kappa shape index (κ1) is 18.1. The van der Waals surface area contributed by atoms with Gasteiger partial charge in [-0.05, 0) is 60.3 Å². The molecule has 3 nitrogen and oxygen atoms in total. The normalized spacial score (nSPS) is 10.6. The van der Waals surface area contributed by atoms with E-state index in [0.29, 0.717) is 11.1 Å². The molecule has 3 rings (SSSR count). The molecule has 0 fully saturated rings. The van der Waals surface area contributed by atoms with Crippen molar-refractivity contribution in [2.24, 2.45) is 0 Å². The van der Waals surface area contributed by atoms with Gasteiger partial charge in [0, 0.05) is 10.5 Å². The van der Waals surface area contributed by atoms with Crippen LogP contribution in [0.15, 0.2) is 71.6 Å². The molecular weight excluding hydrogens is 354 g/mol. The van der Waals surface area contributed by atoms with Gasteiger partial charge in [-0.15, -0.1) is 0 Å². The summed E-state index contributed by atoms with van der Waals surface area (Å²) in [5.41, 5.74) is 3.33. The molecule has 0 atom stereocenters. The van der Waals surface area contributed by atoms with Crippen molar-refractivity contribution >= 4 is 17.9 Å². The van der Waals surface area contributed by atoms with Crippen molar-refractivity contribution in [3.63, 3.8) is 0 Å². The molecule has 0 heterocycles. The van der Waals surface area contributed by atoms with Gasteiger partial charge in [-0.1, -0.05) is 36.4 Å². The third-order valence-corrected chi connectivity index (χ3v) is 4.47. The SMILES string of the molecule is Cc1cc(-c2ccccc2F)cc(C(=O)NNSc2ccccc2)c1F. The quantitative estimate of drug-likeness (QED) is 0.497. The van der Waals surface area contributed by atoms with Crippen LogP contribution in [0.25, 0.3) is 11.1 Å². The molecule has 0 saturated carbocycles. The van der Waals surface area contributed by atoms with Crippen LogP contribution < -0.4 is 10.3 Å². The Bertz CT molecular complexity index is 932. The largest absolute Gasteiger partial charge is 0.277 e. The predicted molar refractivity (Wildman–Crippen MR) is 99.4 cm³/mol. The summed E-state index contributed by atoms with van der Waals surface area (Å²) in [5.74, 6) is -1.69. The number of carbonyl (C=O) groups excluding carboxylic acids is 1. The first-order valence-electron chi connectivity index (χ1n) is 7.88. The van der Waals surface area contributed by atoms with Gasteiger partial charge in [0.05, 0.1) is 5.56 Å². The van der Waals surface area contributed by atoms with Crippen LogP contribution in [-0.4, -0.2) is 5.91 Å². The lowest BCUT2D eigenvalue weighted by Gasteiger charge is -2.11. The van der Waals surface area contributed by atoms with E-state index in [0.717, 1.165) is 4.90 Å². The molecule has 0 radical (unpaired) electrons. The number of hydrogen-bond donors (Lipinski definition) is 2. The number of hydrazine groups is 1. The molecule has 1 amide bonds. The van der Waals surface area contributed by atoms with E-state index in [1.54, 1.807) is 25.1 Å². The molecule has 2 N–H and O–H groups in total. The molecule has 0 aliphatic carbocycles. The van der Waals surface area contributed by atoms with Crippen molar-refractivity contribution < 1.29 is 13.6 Å². The number of carbonyl (C=O) groups is 1. The topological polar surface area (TPSA) is 41.1 Å². The molecule has 0 aliphatic heterocycles. The summed E-state index contributed by atoms with van der Waals surface area (Å²) in [6.45, 7) is 1.54. The van der Waals surface area contributed by atoms with Crippen LogP contribution in [0.5, 0.6) is 0 Å². The Morgan fingerprint density at radius 1 is 0.962 bits per heavy atom. The Morgan fingerprint density at radius 2 is 1.65 bits per heavy atom. The van der Waals surface area contributed by atoms with Gasteiger partial charge >= 0.3 is 0 Å². The van der Waals surface area contributed by atoms with Gasteiger partial charge in [0.25, 0.3) is 5.91 Å². The van der Waals surface area contributed by atoms with Gasteiger partial charge in [-0.25, -0.2) is 8.78 Å². The van der Waals surface area contributed by atoms with Crippen LogP contribution in [0.3, 0.4) is 0 Å². The highest BCUT2D eigenvalue weighted by molar-refractivity contribution is 7.97. The Labute approximate surface area is 154 Å². The van der Waals surface area contributed by atoms with Crippen molar-refractivity contribution in [1.82, 2.24) is 10.3 Å². The van der Waals surface area contributed by atoms with Crippen LogP contribution in [0.1, 0.15) is 15.9 Å². The van der Waals surface area contributed by atoms with E-state index in [9.17, 15) is 13.6 Å². The highest BCUT2D eigenvalue weighted by Crippen LogP contribution is 2.27. The molecule has 3 aromatic carbocycles. The molecule has 0 unspecified atom stereocenters. The van der Waals surface area contributed by atoms with E-state index < -0.39 is 17.5 Å². The predicted octanol–water partition coefficient (Wildman–Crippen LogP) is 4.88. The second kappa shape index (κ2) is 8.12. The standard InChI is InChI=1S/C20H16F2N2OS/c1-13-11-14(16-9-5-6-10-18(16)21)12-17(19(13)22)20(25)23-24-26-15-7-3-2-4-8-15/h2-12,24H,1H3,(H,23,25). The van der Waals surface area contributed by atoms with Crippen LogP contribution in [0.4, 0.5) is 8.78 Å². The van der Waals surface area contributed by atoms with E-state index in [4.69, 9.17) is 0 Å². The van der Waals surface area contributed by atoms with Crippen LogP contribution >= 0.6 is 11.9 Å². The number of nitrogens with one attached hydrogen (secondary N) is 2. The lowest BCUT2D eigenvalue weighted by Crippen LogP contribution is -2.33. The molecule has 26 heavy (non-hydrogen) atoms. The zero-order valence-corrected chi connectivity index (χ0v) is 14.7. The Balaban J connectivity index is 1.80. The van der Waals surface area contributed by atoms with Gasteiger partial charge in [0.2, 0.25) is 0 Å². The van der Waals surface area contributed by atoms with Crippen molar-refractivity contribution in [3.05, 3.63) is 89.5 Å².